The van der Waals surface area contributed by atoms with Crippen LogP contribution in [0.2, 0.25) is 0 Å². The average Bonchev–Trinajstić information content (AvgIpc) is 3.46. The van der Waals surface area contributed by atoms with Gasteiger partial charge in [0, 0.05) is 33.8 Å². The van der Waals surface area contributed by atoms with Gasteiger partial charge in [0.2, 0.25) is 0 Å². The molecule has 0 N–H and O–H groups in total. The summed E-state index contributed by atoms with van der Waals surface area (Å²) in [7, 11) is 0. The van der Waals surface area contributed by atoms with Crippen LogP contribution in [0.15, 0.2) is 237 Å². The lowest BCUT2D eigenvalue weighted by Gasteiger charge is -2.27. The van der Waals surface area contributed by atoms with Crippen molar-refractivity contribution in [2.24, 2.45) is 0 Å². The van der Waals surface area contributed by atoms with Crippen LogP contribution in [0.3, 0.4) is 0 Å². The fraction of sp³-hybridized carbons (Fsp3) is 0. The van der Waals surface area contributed by atoms with E-state index in [2.05, 4.69) is 241 Å². The Hall–Kier alpha value is -7.94. The predicted molar refractivity (Wildman–Crippen MR) is 251 cm³/mol. The summed E-state index contributed by atoms with van der Waals surface area (Å²) in [5.74, 6) is 1.67. The fourth-order valence-corrected chi connectivity index (χ4v) is 8.71. The zero-order valence-corrected chi connectivity index (χ0v) is 32.9. The van der Waals surface area contributed by atoms with Gasteiger partial charge in [0.05, 0.1) is 0 Å². The van der Waals surface area contributed by atoms with Crippen molar-refractivity contribution in [1.29, 1.82) is 0 Å². The first kappa shape index (κ1) is 35.2. The van der Waals surface area contributed by atoms with Crippen molar-refractivity contribution in [1.82, 2.24) is 0 Å². The molecule has 0 bridgehead atoms. The van der Waals surface area contributed by atoms with Crippen molar-refractivity contribution >= 4 is 27.8 Å². The van der Waals surface area contributed by atoms with E-state index in [1.54, 1.807) is 0 Å². The highest BCUT2D eigenvalue weighted by Crippen LogP contribution is 2.53. The number of fused-ring (bicyclic) bond motifs is 6. The molecular weight excluding hydrogens is 727 g/mol. The van der Waals surface area contributed by atoms with Gasteiger partial charge < -0.3 is 9.64 Å². The first-order chi connectivity index (χ1) is 29.7. The molecule has 10 aromatic rings. The maximum absolute atomic E-state index is 7.02. The van der Waals surface area contributed by atoms with Crippen molar-refractivity contribution in [3.8, 4) is 78.3 Å². The van der Waals surface area contributed by atoms with Crippen LogP contribution in [0.1, 0.15) is 0 Å². The van der Waals surface area contributed by atoms with E-state index in [9.17, 15) is 0 Å². The molecule has 0 aliphatic carbocycles. The van der Waals surface area contributed by atoms with Crippen LogP contribution in [-0.4, -0.2) is 0 Å². The number of hydrogen-bond donors (Lipinski definition) is 0. The van der Waals surface area contributed by atoms with E-state index in [-0.39, 0.29) is 0 Å². The molecule has 0 amide bonds. The van der Waals surface area contributed by atoms with Crippen LogP contribution in [-0.2, 0) is 0 Å². The number of para-hydroxylation sites is 1. The number of anilines is 3. The van der Waals surface area contributed by atoms with Gasteiger partial charge in [-0.1, -0.05) is 176 Å². The number of benzene rings is 10. The number of nitrogens with zero attached hydrogens (tertiary/aromatic N) is 1. The topological polar surface area (TPSA) is 12.5 Å². The highest BCUT2D eigenvalue weighted by molar-refractivity contribution is 6.03. The number of rotatable bonds is 7. The van der Waals surface area contributed by atoms with E-state index in [0.29, 0.717) is 0 Å². The summed E-state index contributed by atoms with van der Waals surface area (Å²) in [6, 6.07) is 84.8. The molecule has 0 fully saturated rings. The predicted octanol–water partition coefficient (Wildman–Crippen LogP) is 16.4. The van der Waals surface area contributed by atoms with E-state index in [1.807, 2.05) is 0 Å². The van der Waals surface area contributed by atoms with Crippen molar-refractivity contribution in [2.75, 3.05) is 4.90 Å². The van der Waals surface area contributed by atoms with Crippen molar-refractivity contribution in [2.45, 2.75) is 0 Å². The molecule has 282 valence electrons. The molecule has 0 atom stereocenters. The highest BCUT2D eigenvalue weighted by Gasteiger charge is 2.26. The lowest BCUT2D eigenvalue weighted by Crippen LogP contribution is -2.10. The minimum Gasteiger partial charge on any atom is -0.456 e. The standard InChI is InChI=1S/C58H39NO/c1-4-15-40(16-5-1)42-29-31-43(32-30-42)45-22-13-26-50(36-45)59(49-24-8-3-9-25-49)51-33-34-56-55(39-51)58-52(48-23-12-21-44(35-48)41-17-6-2-7-18-41)27-14-28-53(58)54-37-46-19-10-11-20-47(46)38-57(54)60-56/h1-39H. The molecule has 1 heterocycles. The van der Waals surface area contributed by atoms with Gasteiger partial charge in [0.1, 0.15) is 11.5 Å². The first-order valence-electron chi connectivity index (χ1n) is 20.5. The van der Waals surface area contributed by atoms with E-state index >= 15 is 0 Å². The van der Waals surface area contributed by atoms with Crippen LogP contribution in [0, 0.1) is 0 Å². The van der Waals surface area contributed by atoms with E-state index < -0.39 is 0 Å². The quantitative estimate of drug-likeness (QED) is 0.160. The van der Waals surface area contributed by atoms with E-state index in [1.165, 1.54) is 33.2 Å². The second-order valence-electron chi connectivity index (χ2n) is 15.3. The summed E-state index contributed by atoms with van der Waals surface area (Å²) in [5.41, 5.74) is 17.0. The Kier molecular flexibility index (Phi) is 8.87. The van der Waals surface area contributed by atoms with E-state index in [4.69, 9.17) is 4.74 Å². The summed E-state index contributed by atoms with van der Waals surface area (Å²) in [4.78, 5) is 2.35. The molecule has 0 spiro atoms. The van der Waals surface area contributed by atoms with Crippen molar-refractivity contribution in [3.63, 3.8) is 0 Å². The lowest BCUT2D eigenvalue weighted by atomic mass is 9.86. The third kappa shape index (κ3) is 6.51. The first-order valence-corrected chi connectivity index (χ1v) is 20.5. The molecule has 2 nitrogen and oxygen atoms in total. The molecular formula is C58H39NO. The Bertz CT molecular complexity index is 3150. The summed E-state index contributed by atoms with van der Waals surface area (Å²) in [6.07, 6.45) is 0. The Morgan fingerprint density at radius 2 is 0.750 bits per heavy atom. The smallest absolute Gasteiger partial charge is 0.135 e. The minimum atomic E-state index is 0.820. The highest BCUT2D eigenvalue weighted by atomic mass is 16.5. The largest absolute Gasteiger partial charge is 0.456 e. The molecule has 2 heteroatoms. The maximum Gasteiger partial charge on any atom is 0.135 e. The Morgan fingerprint density at radius 3 is 1.48 bits per heavy atom. The molecule has 60 heavy (non-hydrogen) atoms. The van der Waals surface area contributed by atoms with Crippen molar-refractivity contribution in [3.05, 3.63) is 237 Å². The van der Waals surface area contributed by atoms with Gasteiger partial charge in [-0.15, -0.1) is 0 Å². The molecule has 0 saturated carbocycles. The van der Waals surface area contributed by atoms with Crippen molar-refractivity contribution < 1.29 is 4.74 Å². The van der Waals surface area contributed by atoms with Gasteiger partial charge in [-0.3, -0.25) is 0 Å². The van der Waals surface area contributed by atoms with Crippen LogP contribution in [0.5, 0.6) is 11.5 Å². The zero-order valence-electron chi connectivity index (χ0n) is 32.9. The number of ether oxygens (including phenoxy) is 1. The Labute approximate surface area is 350 Å². The van der Waals surface area contributed by atoms with Gasteiger partial charge in [0.25, 0.3) is 0 Å². The van der Waals surface area contributed by atoms with Crippen LogP contribution in [0.4, 0.5) is 17.1 Å². The Balaban J connectivity index is 1.09. The third-order valence-corrected chi connectivity index (χ3v) is 11.6. The summed E-state index contributed by atoms with van der Waals surface area (Å²) in [5, 5.41) is 2.33. The second-order valence-corrected chi connectivity index (χ2v) is 15.3. The average molecular weight is 766 g/mol. The third-order valence-electron chi connectivity index (χ3n) is 11.6. The summed E-state index contributed by atoms with van der Waals surface area (Å²) >= 11 is 0. The molecule has 11 rings (SSSR count). The second kappa shape index (κ2) is 15.1. The molecule has 0 radical (unpaired) electrons. The summed E-state index contributed by atoms with van der Waals surface area (Å²) < 4.78 is 7.02. The SMILES string of the molecule is c1ccc(-c2ccc(-c3cccc(N(c4ccccc4)c4ccc5c(c4)-c4c(-c6cccc(-c7ccccc7)c6)cccc4-c4cc6ccccc6cc4O5)c3)cc2)cc1. The molecule has 1 aliphatic rings. The monoisotopic (exact) mass is 765 g/mol. The zero-order chi connectivity index (χ0) is 39.8. The van der Waals surface area contributed by atoms with Gasteiger partial charge in [-0.2, -0.15) is 0 Å². The van der Waals surface area contributed by atoms with Gasteiger partial charge in [-0.05, 0) is 122 Å². The van der Waals surface area contributed by atoms with E-state index in [0.717, 1.165) is 72.9 Å². The molecule has 0 unspecified atom stereocenters. The maximum atomic E-state index is 7.02. The summed E-state index contributed by atoms with van der Waals surface area (Å²) in [6.45, 7) is 0. The Morgan fingerprint density at radius 1 is 0.250 bits per heavy atom. The van der Waals surface area contributed by atoms with Gasteiger partial charge in [0.15, 0.2) is 0 Å². The fourth-order valence-electron chi connectivity index (χ4n) is 8.71. The van der Waals surface area contributed by atoms with Crippen LogP contribution < -0.4 is 9.64 Å². The van der Waals surface area contributed by atoms with Crippen LogP contribution in [0.25, 0.3) is 77.5 Å². The molecule has 0 aromatic heterocycles. The van der Waals surface area contributed by atoms with Gasteiger partial charge >= 0.3 is 0 Å². The normalized spacial score (nSPS) is 11.5. The molecule has 1 aliphatic heterocycles. The lowest BCUT2D eigenvalue weighted by molar-refractivity contribution is 0.488. The van der Waals surface area contributed by atoms with Gasteiger partial charge in [-0.25, -0.2) is 0 Å². The molecule has 10 aromatic carbocycles. The minimum absolute atomic E-state index is 0.820. The van der Waals surface area contributed by atoms with Crippen LogP contribution >= 0.6 is 0 Å². The molecule has 0 saturated heterocycles. The number of hydrogen-bond acceptors (Lipinski definition) is 2.